The summed E-state index contributed by atoms with van der Waals surface area (Å²) in [7, 11) is 1.66. The van der Waals surface area contributed by atoms with Gasteiger partial charge in [0, 0.05) is 25.1 Å². The van der Waals surface area contributed by atoms with Crippen LogP contribution in [0, 0.1) is 6.92 Å². The van der Waals surface area contributed by atoms with E-state index >= 15 is 0 Å². The predicted molar refractivity (Wildman–Crippen MR) is 71.7 cm³/mol. The van der Waals surface area contributed by atoms with Gasteiger partial charge in [-0.2, -0.15) is 0 Å². The number of carbonyl (C=O) groups excluding carboxylic acids is 1. The fraction of sp³-hybridized carbons (Fsp3) is 0.692. The zero-order valence-electron chi connectivity index (χ0n) is 11.1. The Morgan fingerprint density at radius 1 is 1.39 bits per heavy atom. The number of amides is 1. The number of thiazole rings is 1. The van der Waals surface area contributed by atoms with Crippen LogP contribution in [0.4, 0.5) is 0 Å². The Morgan fingerprint density at radius 3 is 2.78 bits per heavy atom. The van der Waals surface area contributed by atoms with E-state index in [-0.39, 0.29) is 5.91 Å². The topological polar surface area (TPSA) is 42.4 Å². The molecule has 1 aromatic heterocycles. The lowest BCUT2D eigenvalue weighted by Gasteiger charge is -2.26. The standard InChI is InChI=1S/C13H20N2O2S/c1-10-11(18-12(14-10)9-17-2)8-13(16)15-6-4-3-5-7-15/h3-9H2,1-2H3. The van der Waals surface area contributed by atoms with Gasteiger partial charge < -0.3 is 9.64 Å². The Hall–Kier alpha value is -0.940. The molecule has 1 saturated heterocycles. The quantitative estimate of drug-likeness (QED) is 0.840. The Labute approximate surface area is 112 Å². The third-order valence-corrected chi connectivity index (χ3v) is 4.36. The number of rotatable bonds is 4. The number of piperidine rings is 1. The summed E-state index contributed by atoms with van der Waals surface area (Å²) < 4.78 is 5.07. The lowest BCUT2D eigenvalue weighted by molar-refractivity contribution is -0.131. The lowest BCUT2D eigenvalue weighted by Crippen LogP contribution is -2.36. The fourth-order valence-corrected chi connectivity index (χ4v) is 3.26. The average Bonchev–Trinajstić information content (AvgIpc) is 2.71. The Morgan fingerprint density at radius 2 is 2.11 bits per heavy atom. The van der Waals surface area contributed by atoms with Crippen LogP contribution in [-0.4, -0.2) is 36.0 Å². The van der Waals surface area contributed by atoms with Gasteiger partial charge in [-0.05, 0) is 26.2 Å². The second-order valence-electron chi connectivity index (χ2n) is 4.67. The molecule has 1 aromatic rings. The lowest BCUT2D eigenvalue weighted by atomic mass is 10.1. The molecule has 1 fully saturated rings. The number of likely N-dealkylation sites (tertiary alicyclic amines) is 1. The van der Waals surface area contributed by atoms with Crippen LogP contribution < -0.4 is 0 Å². The van der Waals surface area contributed by atoms with Crippen molar-refractivity contribution in [2.24, 2.45) is 0 Å². The molecular formula is C13H20N2O2S. The van der Waals surface area contributed by atoms with Crippen LogP contribution in [0.25, 0.3) is 0 Å². The molecular weight excluding hydrogens is 248 g/mol. The van der Waals surface area contributed by atoms with Crippen LogP contribution in [0.1, 0.15) is 34.8 Å². The van der Waals surface area contributed by atoms with Crippen LogP contribution in [0.3, 0.4) is 0 Å². The number of nitrogens with zero attached hydrogens (tertiary/aromatic N) is 2. The first kappa shape index (κ1) is 13.5. The molecule has 100 valence electrons. The van der Waals surface area contributed by atoms with E-state index in [2.05, 4.69) is 4.98 Å². The van der Waals surface area contributed by atoms with Gasteiger partial charge in [-0.25, -0.2) is 4.98 Å². The number of hydrogen-bond acceptors (Lipinski definition) is 4. The third-order valence-electron chi connectivity index (χ3n) is 3.23. The van der Waals surface area contributed by atoms with Crippen molar-refractivity contribution in [2.75, 3.05) is 20.2 Å². The van der Waals surface area contributed by atoms with E-state index in [1.165, 1.54) is 6.42 Å². The van der Waals surface area contributed by atoms with Gasteiger partial charge >= 0.3 is 0 Å². The Bertz CT molecular complexity index is 411. The fourth-order valence-electron chi connectivity index (χ4n) is 2.23. The molecule has 1 amide bonds. The van der Waals surface area contributed by atoms with Gasteiger partial charge in [-0.3, -0.25) is 4.79 Å². The van der Waals surface area contributed by atoms with Crippen LogP contribution in [0.2, 0.25) is 0 Å². The number of hydrogen-bond donors (Lipinski definition) is 0. The molecule has 0 atom stereocenters. The van der Waals surface area contributed by atoms with Crippen molar-refractivity contribution in [1.82, 2.24) is 9.88 Å². The summed E-state index contributed by atoms with van der Waals surface area (Å²) >= 11 is 1.59. The highest BCUT2D eigenvalue weighted by atomic mass is 32.1. The highest BCUT2D eigenvalue weighted by Crippen LogP contribution is 2.20. The summed E-state index contributed by atoms with van der Waals surface area (Å²) in [5.41, 5.74) is 0.970. The molecule has 0 aromatic carbocycles. The zero-order valence-corrected chi connectivity index (χ0v) is 11.9. The summed E-state index contributed by atoms with van der Waals surface area (Å²) in [5.74, 6) is 0.241. The number of carbonyl (C=O) groups is 1. The molecule has 0 N–H and O–H groups in total. The van der Waals surface area contributed by atoms with Crippen molar-refractivity contribution in [3.63, 3.8) is 0 Å². The molecule has 0 saturated carbocycles. The SMILES string of the molecule is COCc1nc(C)c(CC(=O)N2CCCCC2)s1. The minimum atomic E-state index is 0.241. The Balaban J connectivity index is 1.97. The minimum Gasteiger partial charge on any atom is -0.378 e. The molecule has 0 spiro atoms. The van der Waals surface area contributed by atoms with E-state index in [4.69, 9.17) is 4.74 Å². The second kappa shape index (κ2) is 6.29. The highest BCUT2D eigenvalue weighted by Gasteiger charge is 2.19. The maximum absolute atomic E-state index is 12.2. The minimum absolute atomic E-state index is 0.241. The molecule has 2 rings (SSSR count). The van der Waals surface area contributed by atoms with Crippen LogP contribution >= 0.6 is 11.3 Å². The molecule has 1 aliphatic rings. The van der Waals surface area contributed by atoms with Crippen molar-refractivity contribution in [3.05, 3.63) is 15.6 Å². The molecule has 0 aliphatic carbocycles. The van der Waals surface area contributed by atoms with Gasteiger partial charge in [0.1, 0.15) is 5.01 Å². The van der Waals surface area contributed by atoms with Crippen molar-refractivity contribution in [3.8, 4) is 0 Å². The number of ether oxygens (including phenoxy) is 1. The summed E-state index contributed by atoms with van der Waals surface area (Å²) in [5, 5.41) is 0.955. The first-order valence-electron chi connectivity index (χ1n) is 6.42. The monoisotopic (exact) mass is 268 g/mol. The molecule has 5 heteroatoms. The summed E-state index contributed by atoms with van der Waals surface area (Å²) in [6, 6.07) is 0. The van der Waals surface area contributed by atoms with Gasteiger partial charge in [0.05, 0.1) is 18.7 Å². The number of aryl methyl sites for hydroxylation is 1. The van der Waals surface area contributed by atoms with Crippen molar-refractivity contribution >= 4 is 17.2 Å². The first-order chi connectivity index (χ1) is 8.70. The highest BCUT2D eigenvalue weighted by molar-refractivity contribution is 7.11. The molecule has 0 unspecified atom stereocenters. The number of methoxy groups -OCH3 is 1. The smallest absolute Gasteiger partial charge is 0.227 e. The van der Waals surface area contributed by atoms with Gasteiger partial charge in [-0.15, -0.1) is 11.3 Å². The normalized spacial score (nSPS) is 16.0. The predicted octanol–water partition coefficient (Wildman–Crippen LogP) is 2.15. The maximum atomic E-state index is 12.2. The first-order valence-corrected chi connectivity index (χ1v) is 7.24. The molecule has 0 bridgehead atoms. The summed E-state index contributed by atoms with van der Waals surface area (Å²) in [6.45, 7) is 4.33. The van der Waals surface area contributed by atoms with Crippen molar-refractivity contribution in [1.29, 1.82) is 0 Å². The van der Waals surface area contributed by atoms with Crippen LogP contribution in [-0.2, 0) is 22.6 Å². The van der Waals surface area contributed by atoms with E-state index in [9.17, 15) is 4.79 Å². The van der Waals surface area contributed by atoms with Crippen molar-refractivity contribution in [2.45, 2.75) is 39.2 Å². The van der Waals surface area contributed by atoms with Crippen LogP contribution in [0.5, 0.6) is 0 Å². The van der Waals surface area contributed by atoms with Crippen molar-refractivity contribution < 1.29 is 9.53 Å². The van der Waals surface area contributed by atoms with Gasteiger partial charge in [0.25, 0.3) is 0 Å². The maximum Gasteiger partial charge on any atom is 0.227 e. The summed E-state index contributed by atoms with van der Waals surface area (Å²) in [6.07, 6.45) is 4.03. The average molecular weight is 268 g/mol. The largest absolute Gasteiger partial charge is 0.378 e. The molecule has 0 radical (unpaired) electrons. The molecule has 2 heterocycles. The molecule has 18 heavy (non-hydrogen) atoms. The van der Waals surface area contributed by atoms with Gasteiger partial charge in [0.2, 0.25) is 5.91 Å². The Kier molecular flexibility index (Phi) is 4.72. The third kappa shape index (κ3) is 3.29. The van der Waals surface area contributed by atoms with E-state index in [1.54, 1.807) is 18.4 Å². The van der Waals surface area contributed by atoms with Crippen LogP contribution in [0.15, 0.2) is 0 Å². The van der Waals surface area contributed by atoms with E-state index in [1.807, 2.05) is 11.8 Å². The zero-order chi connectivity index (χ0) is 13.0. The van der Waals surface area contributed by atoms with Gasteiger partial charge in [0.15, 0.2) is 0 Å². The van der Waals surface area contributed by atoms with E-state index in [0.29, 0.717) is 13.0 Å². The summed E-state index contributed by atoms with van der Waals surface area (Å²) in [4.78, 5) is 19.6. The second-order valence-corrected chi connectivity index (χ2v) is 5.84. The van der Waals surface area contributed by atoms with Gasteiger partial charge in [-0.1, -0.05) is 0 Å². The molecule has 1 aliphatic heterocycles. The van der Waals surface area contributed by atoms with E-state index in [0.717, 1.165) is 41.5 Å². The van der Waals surface area contributed by atoms with E-state index < -0.39 is 0 Å². The number of aromatic nitrogens is 1. The molecule has 4 nitrogen and oxygen atoms in total.